The average molecular weight is 184 g/mol. The zero-order valence-electron chi connectivity index (χ0n) is 8.17. The lowest BCUT2D eigenvalue weighted by Gasteiger charge is -2.21. The van der Waals surface area contributed by atoms with Crippen molar-refractivity contribution in [3.05, 3.63) is 0 Å². The molecule has 0 radical (unpaired) electrons. The molecule has 2 atom stereocenters. The van der Waals surface area contributed by atoms with Crippen molar-refractivity contribution in [3.8, 4) is 0 Å². The summed E-state index contributed by atoms with van der Waals surface area (Å²) in [5.41, 5.74) is -0.492. The molecule has 0 bridgehead atoms. The molecule has 13 heavy (non-hydrogen) atoms. The van der Waals surface area contributed by atoms with Gasteiger partial charge in [0.05, 0.1) is 0 Å². The van der Waals surface area contributed by atoms with Crippen LogP contribution in [0, 0.1) is 5.41 Å². The minimum absolute atomic E-state index is 0.168. The second kappa shape index (κ2) is 3.58. The maximum Gasteiger partial charge on any atom is 0.161 e. The third kappa shape index (κ3) is 2.15. The quantitative estimate of drug-likeness (QED) is 0.714. The Hall–Kier alpha value is -0.700. The fourth-order valence-electron chi connectivity index (χ4n) is 1.80. The van der Waals surface area contributed by atoms with E-state index >= 15 is 0 Å². The molecule has 3 nitrogen and oxygen atoms in total. The van der Waals surface area contributed by atoms with Crippen LogP contribution in [0.15, 0.2) is 0 Å². The predicted octanol–water partition coefficient (Wildman–Crippen LogP) is 1.09. The number of rotatable bonds is 3. The fraction of sp³-hybridized carbons (Fsp3) is 0.800. The minimum atomic E-state index is -0.940. The first kappa shape index (κ1) is 10.4. The minimum Gasteiger partial charge on any atom is -0.386 e. The van der Waals surface area contributed by atoms with Crippen LogP contribution in [0.25, 0.3) is 0 Å². The van der Waals surface area contributed by atoms with Crippen molar-refractivity contribution in [3.63, 3.8) is 0 Å². The van der Waals surface area contributed by atoms with Gasteiger partial charge in [-0.05, 0) is 19.8 Å². The molecular formula is C10H16O3. The number of aliphatic hydroxyl groups excluding tert-OH is 1. The van der Waals surface area contributed by atoms with Crippen molar-refractivity contribution in [2.75, 3.05) is 0 Å². The number of ketones is 2. The molecule has 0 unspecified atom stereocenters. The third-order valence-corrected chi connectivity index (χ3v) is 2.84. The summed E-state index contributed by atoms with van der Waals surface area (Å²) < 4.78 is 0. The zero-order chi connectivity index (χ0) is 10.1. The van der Waals surface area contributed by atoms with Crippen LogP contribution in [-0.4, -0.2) is 22.8 Å². The van der Waals surface area contributed by atoms with Crippen molar-refractivity contribution in [2.45, 2.75) is 45.6 Å². The first-order valence-electron chi connectivity index (χ1n) is 4.70. The Kier molecular flexibility index (Phi) is 2.86. The topological polar surface area (TPSA) is 54.4 Å². The Morgan fingerprint density at radius 3 is 2.69 bits per heavy atom. The highest BCUT2D eigenvalue weighted by molar-refractivity contribution is 5.93. The maximum atomic E-state index is 11.4. The lowest BCUT2D eigenvalue weighted by atomic mass is 9.82. The number of carbonyl (C=O) groups excluding carboxylic acids is 2. The van der Waals surface area contributed by atoms with Gasteiger partial charge in [0.25, 0.3) is 0 Å². The van der Waals surface area contributed by atoms with Gasteiger partial charge in [-0.25, -0.2) is 0 Å². The molecule has 0 aliphatic heterocycles. The van der Waals surface area contributed by atoms with E-state index in [0.29, 0.717) is 6.42 Å². The van der Waals surface area contributed by atoms with Gasteiger partial charge in [-0.15, -0.1) is 0 Å². The molecule has 74 valence electrons. The van der Waals surface area contributed by atoms with E-state index in [9.17, 15) is 9.59 Å². The summed E-state index contributed by atoms with van der Waals surface area (Å²) in [7, 11) is 0. The second-order valence-corrected chi connectivity index (χ2v) is 4.16. The number of hydrogen-bond donors (Lipinski definition) is 1. The Morgan fingerprint density at radius 2 is 2.31 bits per heavy atom. The van der Waals surface area contributed by atoms with Crippen molar-refractivity contribution in [2.24, 2.45) is 5.41 Å². The highest BCUT2D eigenvalue weighted by Crippen LogP contribution is 2.37. The maximum absolute atomic E-state index is 11.4. The number of hydrogen-bond acceptors (Lipinski definition) is 3. The highest BCUT2D eigenvalue weighted by atomic mass is 16.3. The van der Waals surface area contributed by atoms with E-state index in [1.165, 1.54) is 6.92 Å². The molecule has 0 aromatic rings. The molecule has 1 N–H and O–H groups in total. The Morgan fingerprint density at radius 1 is 1.69 bits per heavy atom. The Balaban J connectivity index is 2.61. The molecule has 0 spiro atoms. The molecular weight excluding hydrogens is 168 g/mol. The van der Waals surface area contributed by atoms with Gasteiger partial charge < -0.3 is 5.11 Å². The van der Waals surface area contributed by atoms with E-state index in [-0.39, 0.29) is 18.0 Å². The summed E-state index contributed by atoms with van der Waals surface area (Å²) in [6.45, 7) is 3.27. The van der Waals surface area contributed by atoms with E-state index in [4.69, 9.17) is 5.11 Å². The standard InChI is InChI=1S/C10H16O3/c1-7(11)8(12)6-10(2)5-3-4-9(10)13/h7,11H,3-6H2,1-2H3/t7-,10+/m0/s1. The van der Waals surface area contributed by atoms with Gasteiger partial charge in [0.2, 0.25) is 0 Å². The van der Waals surface area contributed by atoms with Crippen LogP contribution in [0.2, 0.25) is 0 Å². The van der Waals surface area contributed by atoms with Crippen LogP contribution in [-0.2, 0) is 9.59 Å². The summed E-state index contributed by atoms with van der Waals surface area (Å²) in [5.74, 6) is -0.0562. The molecule has 0 amide bonds. The predicted molar refractivity (Wildman–Crippen MR) is 48.3 cm³/mol. The average Bonchev–Trinajstić information content (AvgIpc) is 2.32. The molecule has 1 fully saturated rings. The number of carbonyl (C=O) groups is 2. The normalized spacial score (nSPS) is 30.5. The van der Waals surface area contributed by atoms with Gasteiger partial charge in [0, 0.05) is 18.3 Å². The van der Waals surface area contributed by atoms with Crippen LogP contribution in [0.5, 0.6) is 0 Å². The van der Waals surface area contributed by atoms with Gasteiger partial charge in [-0.2, -0.15) is 0 Å². The first-order chi connectivity index (χ1) is 5.96. The molecule has 1 rings (SSSR count). The molecule has 0 aromatic heterocycles. The van der Waals surface area contributed by atoms with E-state index in [1.807, 2.05) is 6.92 Å². The fourth-order valence-corrected chi connectivity index (χ4v) is 1.80. The largest absolute Gasteiger partial charge is 0.386 e. The van der Waals surface area contributed by atoms with Gasteiger partial charge in [-0.1, -0.05) is 6.92 Å². The number of aliphatic hydroxyl groups is 1. The van der Waals surface area contributed by atoms with Crippen LogP contribution in [0.1, 0.15) is 39.5 Å². The van der Waals surface area contributed by atoms with Gasteiger partial charge in [-0.3, -0.25) is 9.59 Å². The molecule has 0 aromatic carbocycles. The monoisotopic (exact) mass is 184 g/mol. The Bertz CT molecular complexity index is 232. The summed E-state index contributed by atoms with van der Waals surface area (Å²) >= 11 is 0. The SMILES string of the molecule is C[C@H](O)C(=O)C[C@@]1(C)CCCC1=O. The van der Waals surface area contributed by atoms with E-state index in [0.717, 1.165) is 12.8 Å². The van der Waals surface area contributed by atoms with Crippen molar-refractivity contribution >= 4 is 11.6 Å². The molecule has 1 aliphatic carbocycles. The second-order valence-electron chi connectivity index (χ2n) is 4.16. The molecule has 1 aliphatic rings. The van der Waals surface area contributed by atoms with Gasteiger partial charge >= 0.3 is 0 Å². The lowest BCUT2D eigenvalue weighted by Crippen LogP contribution is -2.29. The summed E-state index contributed by atoms with van der Waals surface area (Å²) in [6.07, 6.45) is 1.50. The summed E-state index contributed by atoms with van der Waals surface area (Å²) in [5, 5.41) is 9.02. The van der Waals surface area contributed by atoms with Crippen LogP contribution in [0.4, 0.5) is 0 Å². The smallest absolute Gasteiger partial charge is 0.161 e. The van der Waals surface area contributed by atoms with Gasteiger partial charge in [0.15, 0.2) is 5.78 Å². The van der Waals surface area contributed by atoms with E-state index in [2.05, 4.69) is 0 Å². The van der Waals surface area contributed by atoms with Crippen LogP contribution >= 0.6 is 0 Å². The van der Waals surface area contributed by atoms with Crippen molar-refractivity contribution in [1.29, 1.82) is 0 Å². The van der Waals surface area contributed by atoms with E-state index < -0.39 is 11.5 Å². The summed E-state index contributed by atoms with van der Waals surface area (Å²) in [6, 6.07) is 0. The van der Waals surface area contributed by atoms with Crippen molar-refractivity contribution in [1.82, 2.24) is 0 Å². The van der Waals surface area contributed by atoms with Crippen molar-refractivity contribution < 1.29 is 14.7 Å². The zero-order valence-corrected chi connectivity index (χ0v) is 8.17. The lowest BCUT2D eigenvalue weighted by molar-refractivity contribution is -0.134. The molecule has 1 saturated carbocycles. The third-order valence-electron chi connectivity index (χ3n) is 2.84. The highest BCUT2D eigenvalue weighted by Gasteiger charge is 2.39. The summed E-state index contributed by atoms with van der Waals surface area (Å²) in [4.78, 5) is 22.7. The molecule has 3 heteroatoms. The number of Topliss-reactive ketones (excluding diaryl/α,β-unsaturated/α-hetero) is 2. The molecule has 0 saturated heterocycles. The van der Waals surface area contributed by atoms with Crippen LogP contribution in [0.3, 0.4) is 0 Å². The first-order valence-corrected chi connectivity index (χ1v) is 4.70. The molecule has 0 heterocycles. The van der Waals surface area contributed by atoms with E-state index in [1.54, 1.807) is 0 Å². The van der Waals surface area contributed by atoms with Crippen LogP contribution < -0.4 is 0 Å². The Labute approximate surface area is 78.1 Å². The van der Waals surface area contributed by atoms with Gasteiger partial charge in [0.1, 0.15) is 11.9 Å².